The topological polar surface area (TPSA) is 105 Å². The number of esters is 4. The van der Waals surface area contributed by atoms with E-state index in [1.165, 1.54) is 218 Å². The number of carbonyl (C=O) groups excluding carboxylic acids is 4. The van der Waals surface area contributed by atoms with Crippen molar-refractivity contribution in [1.82, 2.24) is 0 Å². The number of ether oxygens (including phenoxy) is 4. The quantitative estimate of drug-likeness (QED) is 0.0337. The van der Waals surface area contributed by atoms with E-state index < -0.39 is 0 Å². The Morgan fingerprint density at radius 3 is 0.455 bits per heavy atom. The first-order valence-corrected chi connectivity index (χ1v) is 29.0. The van der Waals surface area contributed by atoms with Gasteiger partial charge in [0.1, 0.15) is 0 Å². The van der Waals surface area contributed by atoms with Crippen molar-refractivity contribution in [3.8, 4) is 0 Å². The summed E-state index contributed by atoms with van der Waals surface area (Å²) in [6, 6.07) is 0. The van der Waals surface area contributed by atoms with Gasteiger partial charge in [-0.1, -0.05) is 272 Å². The molecule has 0 aromatic heterocycles. The van der Waals surface area contributed by atoms with Gasteiger partial charge in [-0.3, -0.25) is 19.2 Å². The SMILES string of the molecule is CCCCCCCCCCCCCOC(=O)CCC(=O)OCCCCCCCCCCCCC.CCCCCCCCCCCCOC(=O)CCC(=O)OCCCCCCCCCCCC. The van der Waals surface area contributed by atoms with Gasteiger partial charge in [0.2, 0.25) is 0 Å². The highest BCUT2D eigenvalue weighted by Gasteiger charge is 2.10. The van der Waals surface area contributed by atoms with Gasteiger partial charge in [0, 0.05) is 0 Å². The summed E-state index contributed by atoms with van der Waals surface area (Å²) in [5.41, 5.74) is 0. The van der Waals surface area contributed by atoms with Crippen LogP contribution in [0, 0.1) is 0 Å². The average Bonchev–Trinajstić information content (AvgIpc) is 3.32. The summed E-state index contributed by atoms with van der Waals surface area (Å²) in [4.78, 5) is 47.0. The van der Waals surface area contributed by atoms with E-state index in [0.29, 0.717) is 26.4 Å². The Labute approximate surface area is 410 Å². The van der Waals surface area contributed by atoms with Crippen molar-refractivity contribution < 1.29 is 38.1 Å². The molecule has 0 aliphatic carbocycles. The van der Waals surface area contributed by atoms with Crippen LogP contribution in [0.4, 0.5) is 0 Å². The lowest BCUT2D eigenvalue weighted by Gasteiger charge is -2.06. The van der Waals surface area contributed by atoms with E-state index in [1.54, 1.807) is 0 Å². The predicted molar refractivity (Wildman–Crippen MR) is 279 cm³/mol. The maximum Gasteiger partial charge on any atom is 0.306 e. The van der Waals surface area contributed by atoms with Crippen molar-refractivity contribution in [2.45, 2.75) is 323 Å². The molecule has 0 bridgehead atoms. The number of hydrogen-bond acceptors (Lipinski definition) is 8. The van der Waals surface area contributed by atoms with Crippen LogP contribution in [0.1, 0.15) is 323 Å². The number of rotatable bonds is 52. The fraction of sp³-hybridized carbons (Fsp3) is 0.931. The monoisotopic (exact) mass is 937 g/mol. The van der Waals surface area contributed by atoms with Crippen molar-refractivity contribution in [1.29, 1.82) is 0 Å². The van der Waals surface area contributed by atoms with Gasteiger partial charge in [0.05, 0.1) is 52.1 Å². The van der Waals surface area contributed by atoms with E-state index in [-0.39, 0.29) is 49.6 Å². The second-order valence-electron chi connectivity index (χ2n) is 19.3. The number of unbranched alkanes of at least 4 members (excludes halogenated alkanes) is 38. The second kappa shape index (κ2) is 59.0. The van der Waals surface area contributed by atoms with E-state index >= 15 is 0 Å². The summed E-state index contributed by atoms with van der Waals surface area (Å²) in [7, 11) is 0. The highest BCUT2D eigenvalue weighted by atomic mass is 16.5. The Morgan fingerprint density at radius 1 is 0.197 bits per heavy atom. The summed E-state index contributed by atoms with van der Waals surface area (Å²) in [6.07, 6.45) is 53.9. The Balaban J connectivity index is 0. The largest absolute Gasteiger partial charge is 0.466 e. The van der Waals surface area contributed by atoms with E-state index in [4.69, 9.17) is 18.9 Å². The molecule has 0 rings (SSSR count). The van der Waals surface area contributed by atoms with Gasteiger partial charge >= 0.3 is 23.9 Å². The molecular weight excluding hydrogens is 825 g/mol. The molecule has 0 aromatic rings. The van der Waals surface area contributed by atoms with Crippen LogP contribution in [0.2, 0.25) is 0 Å². The summed E-state index contributed by atoms with van der Waals surface area (Å²) < 4.78 is 20.9. The van der Waals surface area contributed by atoms with Gasteiger partial charge in [0.25, 0.3) is 0 Å². The first-order chi connectivity index (χ1) is 32.4. The van der Waals surface area contributed by atoms with Gasteiger partial charge < -0.3 is 18.9 Å². The van der Waals surface area contributed by atoms with Crippen LogP contribution < -0.4 is 0 Å². The summed E-state index contributed by atoms with van der Waals surface area (Å²) in [5.74, 6) is -1.12. The van der Waals surface area contributed by atoms with E-state index in [9.17, 15) is 19.2 Å². The zero-order valence-corrected chi connectivity index (χ0v) is 44.6. The summed E-state index contributed by atoms with van der Waals surface area (Å²) >= 11 is 0. The van der Waals surface area contributed by atoms with Crippen LogP contribution in [0.3, 0.4) is 0 Å². The smallest absolute Gasteiger partial charge is 0.306 e. The molecule has 0 saturated heterocycles. The minimum absolute atomic E-state index is 0.134. The molecule has 0 atom stereocenters. The highest BCUT2D eigenvalue weighted by Crippen LogP contribution is 2.15. The molecule has 392 valence electrons. The van der Waals surface area contributed by atoms with Crippen molar-refractivity contribution in [3.63, 3.8) is 0 Å². The molecule has 0 radical (unpaired) electrons. The van der Waals surface area contributed by atoms with Gasteiger partial charge in [-0.05, 0) is 25.7 Å². The fourth-order valence-corrected chi connectivity index (χ4v) is 8.15. The lowest BCUT2D eigenvalue weighted by Crippen LogP contribution is -2.11. The second-order valence-corrected chi connectivity index (χ2v) is 19.3. The molecule has 0 fully saturated rings. The van der Waals surface area contributed by atoms with Crippen LogP contribution in [-0.4, -0.2) is 50.3 Å². The van der Waals surface area contributed by atoms with Gasteiger partial charge in [0.15, 0.2) is 0 Å². The molecule has 0 heterocycles. The maximum atomic E-state index is 11.8. The van der Waals surface area contributed by atoms with Crippen LogP contribution in [-0.2, 0) is 38.1 Å². The first-order valence-electron chi connectivity index (χ1n) is 29.0. The van der Waals surface area contributed by atoms with Crippen molar-refractivity contribution in [2.24, 2.45) is 0 Å². The van der Waals surface area contributed by atoms with Gasteiger partial charge in [-0.2, -0.15) is 0 Å². The number of carbonyl (C=O) groups is 4. The molecule has 0 aliphatic heterocycles. The third-order valence-electron chi connectivity index (χ3n) is 12.6. The molecule has 0 spiro atoms. The Bertz CT molecular complexity index is 922. The molecule has 0 saturated carbocycles. The molecule has 8 heteroatoms. The predicted octanol–water partition coefficient (Wildman–Crippen LogP) is 18.2. The Hall–Kier alpha value is -2.12. The highest BCUT2D eigenvalue weighted by molar-refractivity contribution is 5.78. The minimum atomic E-state index is -0.281. The van der Waals surface area contributed by atoms with Crippen molar-refractivity contribution >= 4 is 23.9 Å². The zero-order valence-electron chi connectivity index (χ0n) is 44.6. The van der Waals surface area contributed by atoms with Crippen molar-refractivity contribution in [2.75, 3.05) is 26.4 Å². The average molecular weight is 938 g/mol. The third-order valence-corrected chi connectivity index (χ3v) is 12.6. The van der Waals surface area contributed by atoms with Gasteiger partial charge in [-0.25, -0.2) is 0 Å². The van der Waals surface area contributed by atoms with Crippen LogP contribution in [0.25, 0.3) is 0 Å². The molecule has 0 amide bonds. The standard InChI is InChI=1S/C30H58O4.C28H54O4/c1-3-5-7-9-11-13-15-17-19-21-23-27-33-29(31)25-26-30(32)34-28-24-22-20-18-16-14-12-10-8-6-4-2;1-3-5-7-9-11-13-15-17-19-21-25-31-27(29)23-24-28(30)32-26-22-20-18-16-14-12-10-8-6-4-2/h3-28H2,1-2H3;3-26H2,1-2H3. The van der Waals surface area contributed by atoms with Gasteiger partial charge in [-0.15, -0.1) is 0 Å². The zero-order chi connectivity index (χ0) is 48.5. The molecule has 0 unspecified atom stereocenters. The minimum Gasteiger partial charge on any atom is -0.466 e. The maximum absolute atomic E-state index is 11.8. The summed E-state index contributed by atoms with van der Waals surface area (Å²) in [5, 5.41) is 0. The first kappa shape index (κ1) is 66.0. The third kappa shape index (κ3) is 59.9. The molecule has 8 nitrogen and oxygen atoms in total. The molecule has 66 heavy (non-hydrogen) atoms. The van der Waals surface area contributed by atoms with Crippen molar-refractivity contribution in [3.05, 3.63) is 0 Å². The molecular formula is C58H112O8. The fourth-order valence-electron chi connectivity index (χ4n) is 8.15. The number of hydrogen-bond donors (Lipinski definition) is 0. The lowest BCUT2D eigenvalue weighted by atomic mass is 10.1. The van der Waals surface area contributed by atoms with Crippen LogP contribution >= 0.6 is 0 Å². The molecule has 0 N–H and O–H groups in total. The molecule has 0 aromatic carbocycles. The van der Waals surface area contributed by atoms with E-state index in [2.05, 4.69) is 27.7 Å². The summed E-state index contributed by atoms with van der Waals surface area (Å²) in [6.45, 7) is 10.9. The Morgan fingerprint density at radius 2 is 0.318 bits per heavy atom. The Kier molecular flexibility index (Phi) is 59.0. The van der Waals surface area contributed by atoms with E-state index in [1.807, 2.05) is 0 Å². The normalized spacial score (nSPS) is 11.0. The van der Waals surface area contributed by atoms with Crippen LogP contribution in [0.5, 0.6) is 0 Å². The lowest BCUT2D eigenvalue weighted by molar-refractivity contribution is -0.150. The van der Waals surface area contributed by atoms with E-state index in [0.717, 1.165) is 51.4 Å². The molecule has 0 aliphatic rings. The van der Waals surface area contributed by atoms with Crippen LogP contribution in [0.15, 0.2) is 0 Å².